The fourth-order valence-electron chi connectivity index (χ4n) is 2.99. The number of para-hydroxylation sites is 2. The third-order valence-corrected chi connectivity index (χ3v) is 4.15. The van der Waals surface area contributed by atoms with Gasteiger partial charge in [0.15, 0.2) is 6.61 Å². The molecule has 0 atom stereocenters. The first-order valence-electron chi connectivity index (χ1n) is 8.66. The molecule has 1 heterocycles. The van der Waals surface area contributed by atoms with Gasteiger partial charge >= 0.3 is 5.97 Å². The molecular weight excluding hydrogens is 330 g/mol. The maximum atomic E-state index is 12.8. The minimum absolute atomic E-state index is 0.0334. The van der Waals surface area contributed by atoms with E-state index in [1.807, 2.05) is 55.5 Å². The van der Waals surface area contributed by atoms with Crippen molar-refractivity contribution in [3.8, 4) is 5.75 Å². The van der Waals surface area contributed by atoms with Crippen molar-refractivity contribution in [2.24, 2.45) is 0 Å². The normalized spacial score (nSPS) is 14.5. The number of ether oxygens (including phenoxy) is 2. The van der Waals surface area contributed by atoms with Crippen LogP contribution in [0.2, 0.25) is 0 Å². The molecule has 3 rings (SSSR count). The highest BCUT2D eigenvalue weighted by atomic mass is 16.6. The molecule has 0 fully saturated rings. The Hall–Kier alpha value is -3.08. The Kier molecular flexibility index (Phi) is 5.37. The largest absolute Gasteiger partial charge is 0.481 e. The van der Waals surface area contributed by atoms with Crippen LogP contribution in [0.25, 0.3) is 11.6 Å². The van der Waals surface area contributed by atoms with E-state index in [1.165, 1.54) is 0 Å². The van der Waals surface area contributed by atoms with E-state index in [-0.39, 0.29) is 12.5 Å². The van der Waals surface area contributed by atoms with E-state index < -0.39 is 5.97 Å². The summed E-state index contributed by atoms with van der Waals surface area (Å²) in [5, 5.41) is 0. The number of nitrogens with zero attached hydrogens (tertiary/aromatic N) is 1. The lowest BCUT2D eigenvalue weighted by atomic mass is 10.0. The van der Waals surface area contributed by atoms with Crippen molar-refractivity contribution in [1.82, 2.24) is 0 Å². The lowest BCUT2D eigenvalue weighted by Crippen LogP contribution is -2.25. The second-order valence-electron chi connectivity index (χ2n) is 5.76. The zero-order chi connectivity index (χ0) is 18.5. The van der Waals surface area contributed by atoms with Gasteiger partial charge in [-0.25, -0.2) is 4.79 Å². The van der Waals surface area contributed by atoms with Gasteiger partial charge in [-0.1, -0.05) is 36.4 Å². The van der Waals surface area contributed by atoms with Gasteiger partial charge in [-0.05, 0) is 32.1 Å². The molecule has 5 heteroatoms. The highest BCUT2D eigenvalue weighted by molar-refractivity contribution is 6.35. The molecule has 0 radical (unpaired) electrons. The van der Waals surface area contributed by atoms with Gasteiger partial charge in [0, 0.05) is 23.2 Å². The molecule has 2 aromatic rings. The smallest absolute Gasteiger partial charge is 0.344 e. The highest BCUT2D eigenvalue weighted by Crippen LogP contribution is 2.38. The van der Waals surface area contributed by atoms with Crippen LogP contribution in [-0.4, -0.2) is 31.6 Å². The number of fused-ring (bicyclic) bond motifs is 1. The molecule has 0 unspecified atom stereocenters. The molecule has 0 saturated heterocycles. The Morgan fingerprint density at radius 2 is 1.81 bits per heavy atom. The van der Waals surface area contributed by atoms with Crippen molar-refractivity contribution in [3.05, 3.63) is 59.7 Å². The summed E-state index contributed by atoms with van der Waals surface area (Å²) in [5.74, 6) is 0.0802. The zero-order valence-electron chi connectivity index (χ0n) is 14.9. The molecule has 134 valence electrons. The van der Waals surface area contributed by atoms with Crippen LogP contribution in [0.15, 0.2) is 48.5 Å². The first kappa shape index (κ1) is 17.7. The first-order chi connectivity index (χ1) is 12.7. The average Bonchev–Trinajstić information content (AvgIpc) is 2.92. The first-order valence-corrected chi connectivity index (χ1v) is 8.66. The van der Waals surface area contributed by atoms with Gasteiger partial charge in [0.05, 0.1) is 12.3 Å². The Bertz CT molecular complexity index is 857. The number of amides is 1. The maximum absolute atomic E-state index is 12.8. The minimum Gasteiger partial charge on any atom is -0.481 e. The molecule has 1 amide bonds. The summed E-state index contributed by atoms with van der Waals surface area (Å²) in [4.78, 5) is 26.1. The summed E-state index contributed by atoms with van der Waals surface area (Å²) in [6.45, 7) is 4.45. The van der Waals surface area contributed by atoms with E-state index in [0.717, 1.165) is 16.8 Å². The van der Waals surface area contributed by atoms with Crippen LogP contribution in [0, 0.1) is 0 Å². The Balaban J connectivity index is 1.93. The van der Waals surface area contributed by atoms with E-state index in [2.05, 4.69) is 0 Å². The predicted molar refractivity (Wildman–Crippen MR) is 101 cm³/mol. The van der Waals surface area contributed by atoms with Gasteiger partial charge < -0.3 is 14.4 Å². The topological polar surface area (TPSA) is 55.8 Å². The zero-order valence-corrected chi connectivity index (χ0v) is 14.9. The van der Waals surface area contributed by atoms with Gasteiger partial charge in [-0.3, -0.25) is 4.79 Å². The van der Waals surface area contributed by atoms with Crippen LogP contribution in [0.4, 0.5) is 5.69 Å². The molecule has 0 aliphatic carbocycles. The third-order valence-electron chi connectivity index (χ3n) is 4.15. The minimum atomic E-state index is -0.422. The van der Waals surface area contributed by atoms with E-state index in [0.29, 0.717) is 24.5 Å². The Labute approximate surface area is 152 Å². The predicted octanol–water partition coefficient (Wildman–Crippen LogP) is 3.54. The van der Waals surface area contributed by atoms with Gasteiger partial charge in [-0.15, -0.1) is 0 Å². The summed E-state index contributed by atoms with van der Waals surface area (Å²) < 4.78 is 10.5. The van der Waals surface area contributed by atoms with Crippen molar-refractivity contribution >= 4 is 29.2 Å². The summed E-state index contributed by atoms with van der Waals surface area (Å²) >= 11 is 0. The van der Waals surface area contributed by atoms with Crippen LogP contribution >= 0.6 is 0 Å². The van der Waals surface area contributed by atoms with E-state index in [4.69, 9.17) is 9.47 Å². The van der Waals surface area contributed by atoms with Crippen molar-refractivity contribution in [1.29, 1.82) is 0 Å². The molecule has 1 aliphatic heterocycles. The van der Waals surface area contributed by atoms with E-state index in [1.54, 1.807) is 17.9 Å². The summed E-state index contributed by atoms with van der Waals surface area (Å²) in [6, 6.07) is 15.1. The molecule has 26 heavy (non-hydrogen) atoms. The number of rotatable bonds is 6. The van der Waals surface area contributed by atoms with Gasteiger partial charge in [0.25, 0.3) is 5.91 Å². The summed E-state index contributed by atoms with van der Waals surface area (Å²) in [7, 11) is 0. The molecule has 0 saturated carbocycles. The number of benzene rings is 2. The lowest BCUT2D eigenvalue weighted by molar-refractivity contribution is -0.145. The van der Waals surface area contributed by atoms with E-state index in [9.17, 15) is 9.59 Å². The fourth-order valence-corrected chi connectivity index (χ4v) is 2.99. The standard InChI is InChI=1S/C21H21NO4/c1-3-22-18-11-7-6-10-16(18)17(21(22)24)13-15-9-5-8-12-19(15)26-14-20(23)25-4-2/h5-13H,3-4,14H2,1-2H3/b17-13-. The molecule has 2 aromatic carbocycles. The molecular formula is C21H21NO4. The van der Waals surface area contributed by atoms with Gasteiger partial charge in [-0.2, -0.15) is 0 Å². The van der Waals surface area contributed by atoms with Crippen molar-refractivity contribution in [2.75, 3.05) is 24.7 Å². The van der Waals surface area contributed by atoms with Crippen LogP contribution in [0.3, 0.4) is 0 Å². The molecule has 0 bridgehead atoms. The number of hydrogen-bond acceptors (Lipinski definition) is 4. The summed E-state index contributed by atoms with van der Waals surface area (Å²) in [6.07, 6.45) is 1.82. The maximum Gasteiger partial charge on any atom is 0.344 e. The Morgan fingerprint density at radius 3 is 2.58 bits per heavy atom. The quantitative estimate of drug-likeness (QED) is 0.590. The SMILES string of the molecule is CCOC(=O)COc1ccccc1/C=C1\C(=O)N(CC)c2ccccc21. The van der Waals surface area contributed by atoms with Crippen molar-refractivity contribution in [3.63, 3.8) is 0 Å². The highest BCUT2D eigenvalue weighted by Gasteiger charge is 2.30. The number of likely N-dealkylation sites (N-methyl/N-ethyl adjacent to an activating group) is 1. The van der Waals surface area contributed by atoms with Crippen LogP contribution in [0.1, 0.15) is 25.0 Å². The second-order valence-corrected chi connectivity index (χ2v) is 5.76. The monoisotopic (exact) mass is 351 g/mol. The number of hydrogen-bond donors (Lipinski definition) is 0. The fraction of sp³-hybridized carbons (Fsp3) is 0.238. The van der Waals surface area contributed by atoms with Crippen molar-refractivity contribution in [2.45, 2.75) is 13.8 Å². The third kappa shape index (κ3) is 3.47. The van der Waals surface area contributed by atoms with Crippen LogP contribution in [0.5, 0.6) is 5.75 Å². The van der Waals surface area contributed by atoms with Crippen LogP contribution < -0.4 is 9.64 Å². The molecule has 0 aromatic heterocycles. The van der Waals surface area contributed by atoms with Crippen molar-refractivity contribution < 1.29 is 19.1 Å². The van der Waals surface area contributed by atoms with Gasteiger partial charge in [0.2, 0.25) is 0 Å². The molecule has 1 aliphatic rings. The summed E-state index contributed by atoms with van der Waals surface area (Å²) in [5.41, 5.74) is 3.18. The number of anilines is 1. The molecule has 0 N–H and O–H groups in total. The van der Waals surface area contributed by atoms with Crippen LogP contribution in [-0.2, 0) is 14.3 Å². The van der Waals surface area contributed by atoms with Gasteiger partial charge in [0.1, 0.15) is 5.75 Å². The number of carbonyl (C=O) groups excluding carboxylic acids is 2. The molecule has 5 nitrogen and oxygen atoms in total. The molecule has 0 spiro atoms. The number of carbonyl (C=O) groups is 2. The average molecular weight is 351 g/mol. The number of esters is 1. The Morgan fingerprint density at radius 1 is 1.08 bits per heavy atom. The lowest BCUT2D eigenvalue weighted by Gasteiger charge is -2.13. The van der Waals surface area contributed by atoms with E-state index >= 15 is 0 Å². The second kappa shape index (κ2) is 7.87.